The zero-order chi connectivity index (χ0) is 10.6. The Kier molecular flexibility index (Phi) is 4.28. The van der Waals surface area contributed by atoms with Gasteiger partial charge in [-0.05, 0) is 32.2 Å². The number of nitrogens with one attached hydrogen (secondary N) is 1. The van der Waals surface area contributed by atoms with Gasteiger partial charge in [0.2, 0.25) is 0 Å². The molecule has 0 spiro atoms. The Hall–Kier alpha value is -0.200. The normalized spacial score (nSPS) is 22.4. The Balaban J connectivity index is 2.47. The quantitative estimate of drug-likeness (QED) is 0.734. The maximum Gasteiger partial charge on any atom is 0.118 e. The van der Waals surface area contributed by atoms with E-state index in [1.54, 1.807) is 0 Å². The van der Waals surface area contributed by atoms with Gasteiger partial charge in [0.05, 0.1) is 6.07 Å². The molecule has 0 aliphatic heterocycles. The highest BCUT2D eigenvalue weighted by Gasteiger charge is 2.44. The minimum absolute atomic E-state index is 0.256. The topological polar surface area (TPSA) is 35.8 Å². The van der Waals surface area contributed by atoms with E-state index in [-0.39, 0.29) is 5.54 Å². The monoisotopic (exact) mass is 212 g/mol. The van der Waals surface area contributed by atoms with Crippen LogP contribution in [0.5, 0.6) is 0 Å². The first-order valence-corrected chi connectivity index (χ1v) is 6.45. The average Bonchev–Trinajstić information content (AvgIpc) is 3.04. The average molecular weight is 212 g/mol. The van der Waals surface area contributed by atoms with E-state index in [2.05, 4.69) is 25.2 Å². The molecule has 0 aromatic heterocycles. The standard InChI is InChI=1S/C11H20N2S/c1-4-9(2)14-8-11(7-12,13-3)10-5-6-10/h9-10,13H,4-6,8H2,1-3H3. The van der Waals surface area contributed by atoms with Crippen LogP contribution in [0.1, 0.15) is 33.1 Å². The Morgan fingerprint density at radius 3 is 2.64 bits per heavy atom. The molecule has 14 heavy (non-hydrogen) atoms. The lowest BCUT2D eigenvalue weighted by Gasteiger charge is -2.26. The van der Waals surface area contributed by atoms with Crippen molar-refractivity contribution in [1.29, 1.82) is 5.26 Å². The van der Waals surface area contributed by atoms with Crippen LogP contribution in [0.15, 0.2) is 0 Å². The van der Waals surface area contributed by atoms with E-state index in [9.17, 15) is 5.26 Å². The van der Waals surface area contributed by atoms with Crippen molar-refractivity contribution >= 4 is 11.8 Å². The number of thioether (sulfide) groups is 1. The third-order valence-corrected chi connectivity index (χ3v) is 4.61. The fraction of sp³-hybridized carbons (Fsp3) is 0.909. The molecule has 1 aliphatic carbocycles. The van der Waals surface area contributed by atoms with E-state index in [1.165, 1.54) is 19.3 Å². The second kappa shape index (κ2) is 5.04. The molecule has 0 radical (unpaired) electrons. The van der Waals surface area contributed by atoms with Gasteiger partial charge in [-0.25, -0.2) is 0 Å². The maximum absolute atomic E-state index is 9.25. The molecular formula is C11H20N2S. The van der Waals surface area contributed by atoms with Gasteiger partial charge in [-0.3, -0.25) is 0 Å². The summed E-state index contributed by atoms with van der Waals surface area (Å²) >= 11 is 1.92. The molecule has 0 heterocycles. The number of rotatable bonds is 6. The molecule has 3 heteroatoms. The van der Waals surface area contributed by atoms with Gasteiger partial charge >= 0.3 is 0 Å². The van der Waals surface area contributed by atoms with Crippen LogP contribution in [-0.4, -0.2) is 23.6 Å². The molecule has 2 nitrogen and oxygen atoms in total. The number of nitrogens with zero attached hydrogens (tertiary/aromatic N) is 1. The van der Waals surface area contributed by atoms with Crippen LogP contribution in [0.4, 0.5) is 0 Å². The molecule has 2 unspecified atom stereocenters. The fourth-order valence-electron chi connectivity index (χ4n) is 1.54. The van der Waals surface area contributed by atoms with Crippen LogP contribution in [0.25, 0.3) is 0 Å². The van der Waals surface area contributed by atoms with Crippen LogP contribution >= 0.6 is 11.8 Å². The summed E-state index contributed by atoms with van der Waals surface area (Å²) in [6.45, 7) is 4.43. The Morgan fingerprint density at radius 2 is 2.29 bits per heavy atom. The predicted molar refractivity (Wildman–Crippen MR) is 62.3 cm³/mol. The molecule has 2 atom stereocenters. The third-order valence-electron chi connectivity index (χ3n) is 3.09. The van der Waals surface area contributed by atoms with Crippen LogP contribution in [0.2, 0.25) is 0 Å². The lowest BCUT2D eigenvalue weighted by Crippen LogP contribution is -2.46. The summed E-state index contributed by atoms with van der Waals surface area (Å²) in [5.74, 6) is 1.52. The lowest BCUT2D eigenvalue weighted by molar-refractivity contribution is 0.440. The molecule has 1 rings (SSSR count). The predicted octanol–water partition coefficient (Wildman–Crippen LogP) is 2.41. The molecule has 1 aliphatic rings. The highest BCUT2D eigenvalue weighted by Crippen LogP contribution is 2.41. The lowest BCUT2D eigenvalue weighted by atomic mass is 9.98. The van der Waals surface area contributed by atoms with Crippen molar-refractivity contribution in [2.45, 2.75) is 43.9 Å². The van der Waals surface area contributed by atoms with Crippen molar-refractivity contribution in [2.75, 3.05) is 12.8 Å². The summed E-state index contributed by atoms with van der Waals surface area (Å²) < 4.78 is 0. The van der Waals surface area contributed by atoms with E-state index in [4.69, 9.17) is 0 Å². The van der Waals surface area contributed by atoms with Gasteiger partial charge in [0, 0.05) is 11.0 Å². The zero-order valence-corrected chi connectivity index (χ0v) is 10.2. The van der Waals surface area contributed by atoms with Gasteiger partial charge in [-0.15, -0.1) is 0 Å². The summed E-state index contributed by atoms with van der Waals surface area (Å²) in [4.78, 5) is 0. The van der Waals surface area contributed by atoms with E-state index >= 15 is 0 Å². The van der Waals surface area contributed by atoms with E-state index in [1.807, 2.05) is 18.8 Å². The third kappa shape index (κ3) is 2.65. The summed E-state index contributed by atoms with van der Waals surface area (Å²) in [7, 11) is 1.92. The summed E-state index contributed by atoms with van der Waals surface area (Å²) in [6.07, 6.45) is 3.62. The molecule has 0 amide bonds. The molecule has 1 saturated carbocycles. The zero-order valence-electron chi connectivity index (χ0n) is 9.34. The highest BCUT2D eigenvalue weighted by molar-refractivity contribution is 7.99. The smallest absolute Gasteiger partial charge is 0.118 e. The van der Waals surface area contributed by atoms with Crippen molar-refractivity contribution in [3.8, 4) is 6.07 Å². The Labute approximate surface area is 91.4 Å². The molecule has 1 fully saturated rings. The molecule has 0 saturated heterocycles. The second-order valence-corrected chi connectivity index (χ2v) is 5.56. The summed E-state index contributed by atoms with van der Waals surface area (Å²) in [5.41, 5.74) is -0.256. The first-order chi connectivity index (χ1) is 6.68. The van der Waals surface area contributed by atoms with Crippen molar-refractivity contribution in [3.05, 3.63) is 0 Å². The minimum atomic E-state index is -0.256. The maximum atomic E-state index is 9.25. The van der Waals surface area contributed by atoms with Gasteiger partial charge in [0.15, 0.2) is 0 Å². The van der Waals surface area contributed by atoms with Crippen molar-refractivity contribution in [1.82, 2.24) is 5.32 Å². The van der Waals surface area contributed by atoms with Crippen LogP contribution in [0, 0.1) is 17.2 Å². The first kappa shape index (κ1) is 11.9. The van der Waals surface area contributed by atoms with Crippen LogP contribution in [0.3, 0.4) is 0 Å². The van der Waals surface area contributed by atoms with E-state index < -0.39 is 0 Å². The Morgan fingerprint density at radius 1 is 1.64 bits per heavy atom. The van der Waals surface area contributed by atoms with Gasteiger partial charge in [-0.2, -0.15) is 17.0 Å². The number of hydrogen-bond acceptors (Lipinski definition) is 3. The van der Waals surface area contributed by atoms with E-state index in [0.29, 0.717) is 11.2 Å². The van der Waals surface area contributed by atoms with Gasteiger partial charge in [0.25, 0.3) is 0 Å². The molecule has 80 valence electrons. The van der Waals surface area contributed by atoms with Gasteiger partial charge < -0.3 is 5.32 Å². The summed E-state index contributed by atoms with van der Waals surface area (Å²) in [6, 6.07) is 2.47. The molecule has 0 aromatic carbocycles. The molecule has 0 bridgehead atoms. The Bertz CT molecular complexity index is 220. The molecule has 1 N–H and O–H groups in total. The first-order valence-electron chi connectivity index (χ1n) is 5.40. The van der Waals surface area contributed by atoms with Crippen molar-refractivity contribution in [2.24, 2.45) is 5.92 Å². The molecular weight excluding hydrogens is 192 g/mol. The SMILES string of the molecule is CCC(C)SCC(C#N)(NC)C1CC1. The summed E-state index contributed by atoms with van der Waals surface area (Å²) in [5, 5.41) is 13.1. The molecule has 0 aromatic rings. The van der Waals surface area contributed by atoms with Gasteiger partial charge in [-0.1, -0.05) is 13.8 Å². The van der Waals surface area contributed by atoms with E-state index in [0.717, 1.165) is 5.75 Å². The van der Waals surface area contributed by atoms with Crippen molar-refractivity contribution in [3.63, 3.8) is 0 Å². The van der Waals surface area contributed by atoms with Crippen molar-refractivity contribution < 1.29 is 0 Å². The number of nitriles is 1. The fourth-order valence-corrected chi connectivity index (χ4v) is 2.77. The van der Waals surface area contributed by atoms with Crippen LogP contribution < -0.4 is 5.32 Å². The van der Waals surface area contributed by atoms with Gasteiger partial charge in [0.1, 0.15) is 5.54 Å². The minimum Gasteiger partial charge on any atom is -0.302 e. The largest absolute Gasteiger partial charge is 0.302 e. The van der Waals surface area contributed by atoms with Crippen LogP contribution in [-0.2, 0) is 0 Å². The second-order valence-electron chi connectivity index (χ2n) is 4.14. The number of hydrogen-bond donors (Lipinski definition) is 1. The highest BCUT2D eigenvalue weighted by atomic mass is 32.2.